The van der Waals surface area contributed by atoms with E-state index in [4.69, 9.17) is 9.15 Å². The van der Waals surface area contributed by atoms with Crippen LogP contribution in [0.5, 0.6) is 5.75 Å². The minimum Gasteiger partial charge on any atom is -0.496 e. The number of hydrogen-bond acceptors (Lipinski definition) is 5. The summed E-state index contributed by atoms with van der Waals surface area (Å²) in [6.07, 6.45) is 8.29. The zero-order chi connectivity index (χ0) is 14.5. The van der Waals surface area contributed by atoms with Crippen LogP contribution >= 0.6 is 0 Å². The molecule has 5 heteroatoms. The number of methoxy groups -OCH3 is 1. The number of hydrogen-bond donors (Lipinski definition) is 0. The summed E-state index contributed by atoms with van der Waals surface area (Å²) >= 11 is 0. The van der Waals surface area contributed by atoms with Crippen molar-refractivity contribution in [1.29, 1.82) is 0 Å². The van der Waals surface area contributed by atoms with Crippen LogP contribution in [0.15, 0.2) is 64.7 Å². The second-order valence-corrected chi connectivity index (χ2v) is 4.29. The first kappa shape index (κ1) is 13.1. The Kier molecular flexibility index (Phi) is 3.73. The van der Waals surface area contributed by atoms with Crippen molar-refractivity contribution in [3.8, 4) is 17.1 Å². The highest BCUT2D eigenvalue weighted by molar-refractivity contribution is 5.82. The Bertz CT molecular complexity index is 737. The quantitative estimate of drug-likeness (QED) is 0.686. The molecule has 3 aromatic rings. The largest absolute Gasteiger partial charge is 0.496 e. The number of ether oxygens (including phenoxy) is 1. The molecule has 1 aromatic carbocycles. The number of nitrogens with zero attached hydrogens (tertiary/aromatic N) is 3. The summed E-state index contributed by atoms with van der Waals surface area (Å²) in [7, 11) is 1.62. The molecule has 0 fully saturated rings. The van der Waals surface area contributed by atoms with E-state index in [0.29, 0.717) is 11.5 Å². The minimum atomic E-state index is 0.663. The molecule has 5 nitrogen and oxygen atoms in total. The third kappa shape index (κ3) is 2.97. The summed E-state index contributed by atoms with van der Waals surface area (Å²) in [4.78, 5) is 12.3. The molecule has 0 aliphatic carbocycles. The lowest BCUT2D eigenvalue weighted by Gasteiger charge is -2.06. The molecule has 0 aliphatic rings. The van der Waals surface area contributed by atoms with Crippen LogP contribution in [0.4, 0.5) is 5.69 Å². The van der Waals surface area contributed by atoms with Gasteiger partial charge in [-0.15, -0.1) is 0 Å². The molecular formula is C16H13N3O2. The first-order chi connectivity index (χ1) is 10.4. The minimum absolute atomic E-state index is 0.663. The van der Waals surface area contributed by atoms with E-state index in [1.165, 1.54) is 6.39 Å². The molecular weight excluding hydrogens is 266 g/mol. The number of oxazole rings is 1. The van der Waals surface area contributed by atoms with Crippen molar-refractivity contribution in [3.63, 3.8) is 0 Å². The molecule has 0 saturated heterocycles. The van der Waals surface area contributed by atoms with Crippen LogP contribution in [-0.4, -0.2) is 23.3 Å². The molecule has 0 amide bonds. The van der Waals surface area contributed by atoms with Crippen molar-refractivity contribution < 1.29 is 9.15 Å². The van der Waals surface area contributed by atoms with Crippen LogP contribution in [0.3, 0.4) is 0 Å². The Morgan fingerprint density at radius 2 is 2.00 bits per heavy atom. The number of benzene rings is 1. The molecule has 0 N–H and O–H groups in total. The van der Waals surface area contributed by atoms with Crippen LogP contribution < -0.4 is 4.74 Å². The summed E-state index contributed by atoms with van der Waals surface area (Å²) in [6.45, 7) is 0. The lowest BCUT2D eigenvalue weighted by molar-refractivity contribution is 0.415. The van der Waals surface area contributed by atoms with E-state index in [9.17, 15) is 0 Å². The molecule has 0 saturated carbocycles. The van der Waals surface area contributed by atoms with E-state index < -0.39 is 0 Å². The molecule has 2 aromatic heterocycles. The summed E-state index contributed by atoms with van der Waals surface area (Å²) < 4.78 is 10.7. The second-order valence-electron chi connectivity index (χ2n) is 4.29. The van der Waals surface area contributed by atoms with Gasteiger partial charge in [-0.25, -0.2) is 4.98 Å². The Morgan fingerprint density at radius 3 is 2.71 bits per heavy atom. The van der Waals surface area contributed by atoms with Gasteiger partial charge in [-0.3, -0.25) is 9.98 Å². The first-order valence-electron chi connectivity index (χ1n) is 6.38. The van der Waals surface area contributed by atoms with Gasteiger partial charge in [0.05, 0.1) is 24.6 Å². The highest BCUT2D eigenvalue weighted by Crippen LogP contribution is 2.33. The monoisotopic (exact) mass is 279 g/mol. The second kappa shape index (κ2) is 6.00. The molecule has 21 heavy (non-hydrogen) atoms. The van der Waals surface area contributed by atoms with Crippen LogP contribution in [-0.2, 0) is 0 Å². The predicted octanol–water partition coefficient (Wildman–Crippen LogP) is 3.50. The Balaban J connectivity index is 1.90. The van der Waals surface area contributed by atoms with E-state index in [1.807, 2.05) is 30.3 Å². The van der Waals surface area contributed by atoms with Crippen molar-refractivity contribution in [3.05, 3.63) is 60.9 Å². The molecule has 0 bridgehead atoms. The van der Waals surface area contributed by atoms with Crippen LogP contribution in [0, 0.1) is 0 Å². The van der Waals surface area contributed by atoms with E-state index in [1.54, 1.807) is 31.9 Å². The van der Waals surface area contributed by atoms with Crippen LogP contribution in [0.2, 0.25) is 0 Å². The molecule has 0 spiro atoms. The zero-order valence-electron chi connectivity index (χ0n) is 11.4. The Hall–Kier alpha value is -2.95. The topological polar surface area (TPSA) is 60.5 Å². The SMILES string of the molecule is COc1cc(N=Cc2ccncc2)ccc1-c1cnco1. The summed E-state index contributed by atoms with van der Waals surface area (Å²) in [6, 6.07) is 9.44. The lowest BCUT2D eigenvalue weighted by Crippen LogP contribution is -1.87. The van der Waals surface area contributed by atoms with Gasteiger partial charge in [0.1, 0.15) is 5.75 Å². The standard InChI is InChI=1S/C16H13N3O2/c1-20-15-8-13(19-9-12-4-6-17-7-5-12)2-3-14(15)16-10-18-11-21-16/h2-11H,1H3. The summed E-state index contributed by atoms with van der Waals surface area (Å²) in [5, 5.41) is 0. The van der Waals surface area contributed by atoms with Crippen LogP contribution in [0.1, 0.15) is 5.56 Å². The van der Waals surface area contributed by atoms with Crippen molar-refractivity contribution >= 4 is 11.9 Å². The van der Waals surface area contributed by atoms with E-state index in [-0.39, 0.29) is 0 Å². The fourth-order valence-corrected chi connectivity index (χ4v) is 1.91. The van der Waals surface area contributed by atoms with Crippen molar-refractivity contribution in [2.45, 2.75) is 0 Å². The number of aromatic nitrogens is 2. The number of pyridine rings is 1. The predicted molar refractivity (Wildman–Crippen MR) is 80.0 cm³/mol. The smallest absolute Gasteiger partial charge is 0.181 e. The third-order valence-corrected chi connectivity index (χ3v) is 2.95. The molecule has 0 atom stereocenters. The van der Waals surface area contributed by atoms with E-state index in [2.05, 4.69) is 15.0 Å². The number of aliphatic imine (C=N–C) groups is 1. The van der Waals surface area contributed by atoms with E-state index in [0.717, 1.165) is 16.8 Å². The Labute approximate surface area is 122 Å². The van der Waals surface area contributed by atoms with Gasteiger partial charge in [-0.05, 0) is 29.8 Å². The fourth-order valence-electron chi connectivity index (χ4n) is 1.91. The maximum atomic E-state index is 5.39. The van der Waals surface area contributed by atoms with Gasteiger partial charge >= 0.3 is 0 Å². The molecule has 0 unspecified atom stereocenters. The average Bonchev–Trinajstić information content (AvgIpc) is 3.08. The Morgan fingerprint density at radius 1 is 1.14 bits per heavy atom. The van der Waals surface area contributed by atoms with Gasteiger partial charge < -0.3 is 9.15 Å². The zero-order valence-corrected chi connectivity index (χ0v) is 11.4. The fraction of sp³-hybridized carbons (Fsp3) is 0.0625. The number of rotatable bonds is 4. The molecule has 104 valence electrons. The highest BCUT2D eigenvalue weighted by atomic mass is 16.5. The van der Waals surface area contributed by atoms with Gasteiger partial charge in [-0.1, -0.05) is 0 Å². The third-order valence-electron chi connectivity index (χ3n) is 2.95. The van der Waals surface area contributed by atoms with Gasteiger partial charge in [0.25, 0.3) is 0 Å². The first-order valence-corrected chi connectivity index (χ1v) is 6.38. The van der Waals surface area contributed by atoms with Crippen LogP contribution in [0.25, 0.3) is 11.3 Å². The van der Waals surface area contributed by atoms with Gasteiger partial charge in [-0.2, -0.15) is 0 Å². The molecule has 0 radical (unpaired) electrons. The van der Waals surface area contributed by atoms with Gasteiger partial charge in [0.2, 0.25) is 0 Å². The van der Waals surface area contributed by atoms with Crippen molar-refractivity contribution in [2.24, 2.45) is 4.99 Å². The summed E-state index contributed by atoms with van der Waals surface area (Å²) in [5.41, 5.74) is 2.63. The highest BCUT2D eigenvalue weighted by Gasteiger charge is 2.09. The molecule has 3 rings (SSSR count). The summed E-state index contributed by atoms with van der Waals surface area (Å²) in [5.74, 6) is 1.35. The van der Waals surface area contributed by atoms with E-state index >= 15 is 0 Å². The van der Waals surface area contributed by atoms with Gasteiger partial charge in [0.15, 0.2) is 12.2 Å². The van der Waals surface area contributed by atoms with Gasteiger partial charge in [0, 0.05) is 24.7 Å². The van der Waals surface area contributed by atoms with Crippen molar-refractivity contribution in [1.82, 2.24) is 9.97 Å². The average molecular weight is 279 g/mol. The maximum Gasteiger partial charge on any atom is 0.181 e. The lowest BCUT2D eigenvalue weighted by atomic mass is 10.1. The molecule has 0 aliphatic heterocycles. The maximum absolute atomic E-state index is 5.39. The van der Waals surface area contributed by atoms with Crippen molar-refractivity contribution in [2.75, 3.05) is 7.11 Å². The normalized spacial score (nSPS) is 10.9. The molecule has 2 heterocycles.